The van der Waals surface area contributed by atoms with Gasteiger partial charge in [-0.1, -0.05) is 68.4 Å². The maximum Gasteiger partial charge on any atom is 0.303 e. The van der Waals surface area contributed by atoms with Gasteiger partial charge in [-0.15, -0.1) is 0 Å². The number of carbonyl (C=O) groups is 1. The lowest BCUT2D eigenvalue weighted by molar-refractivity contribution is -0.137. The van der Waals surface area contributed by atoms with Crippen LogP contribution in [0.15, 0.2) is 48.6 Å². The molecule has 0 fully saturated rings. The van der Waals surface area contributed by atoms with Crippen LogP contribution in [0, 0.1) is 0 Å². The van der Waals surface area contributed by atoms with E-state index in [9.17, 15) is 4.79 Å². The maximum atomic E-state index is 10.3. The van der Waals surface area contributed by atoms with Crippen LogP contribution < -0.4 is 0 Å². The Morgan fingerprint density at radius 3 is 1.64 bits per heavy atom. The van der Waals surface area contributed by atoms with Crippen LogP contribution >= 0.6 is 0 Å². The highest BCUT2D eigenvalue weighted by Crippen LogP contribution is 2.01. The molecule has 0 bridgehead atoms. The van der Waals surface area contributed by atoms with Crippen LogP contribution in [0.4, 0.5) is 0 Å². The molecular weight excluding hydrogens is 272 g/mol. The summed E-state index contributed by atoms with van der Waals surface area (Å²) < 4.78 is 0. The quantitative estimate of drug-likeness (QED) is 0.305. The number of hydrogen-bond acceptors (Lipinski definition) is 1. The molecule has 124 valence electrons. The number of aliphatic carboxylic acids is 1. The summed E-state index contributed by atoms with van der Waals surface area (Å²) in [5.41, 5.74) is 0. The molecule has 1 N–H and O–H groups in total. The topological polar surface area (TPSA) is 37.3 Å². The van der Waals surface area contributed by atoms with Gasteiger partial charge >= 0.3 is 5.97 Å². The van der Waals surface area contributed by atoms with Crippen molar-refractivity contribution in [3.05, 3.63) is 48.6 Å². The molecule has 0 aromatic rings. The van der Waals surface area contributed by atoms with Crippen LogP contribution in [0.1, 0.15) is 71.1 Å². The minimum atomic E-state index is -0.712. The van der Waals surface area contributed by atoms with Crippen molar-refractivity contribution in [3.8, 4) is 0 Å². The Bertz CT molecular complexity index is 362. The summed E-state index contributed by atoms with van der Waals surface area (Å²) in [6.45, 7) is 2.23. The second-order valence-electron chi connectivity index (χ2n) is 5.37. The molecule has 0 rings (SSSR count). The number of unbranched alkanes of at least 4 members (excludes halogenated alkanes) is 4. The zero-order valence-electron chi connectivity index (χ0n) is 14.0. The highest BCUT2D eigenvalue weighted by molar-refractivity contribution is 5.66. The van der Waals surface area contributed by atoms with E-state index in [0.717, 1.165) is 32.1 Å². The molecular formula is C20H32O2. The lowest BCUT2D eigenvalue weighted by Gasteiger charge is -1.90. The Balaban J connectivity index is 3.40. The highest BCUT2D eigenvalue weighted by Gasteiger charge is 1.92. The minimum Gasteiger partial charge on any atom is -0.481 e. The first-order valence-electron chi connectivity index (χ1n) is 8.59. The predicted octanol–water partition coefficient (Wildman–Crippen LogP) is 6.22. The van der Waals surface area contributed by atoms with Crippen molar-refractivity contribution in [2.24, 2.45) is 0 Å². The first kappa shape index (κ1) is 20.4. The smallest absolute Gasteiger partial charge is 0.303 e. The van der Waals surface area contributed by atoms with Gasteiger partial charge in [0.1, 0.15) is 0 Å². The number of allylic oxidation sites excluding steroid dienone is 8. The van der Waals surface area contributed by atoms with Gasteiger partial charge in [-0.3, -0.25) is 4.79 Å². The van der Waals surface area contributed by atoms with Gasteiger partial charge in [0.2, 0.25) is 0 Å². The van der Waals surface area contributed by atoms with Crippen molar-refractivity contribution in [1.29, 1.82) is 0 Å². The fourth-order valence-electron chi connectivity index (χ4n) is 1.93. The Morgan fingerprint density at radius 1 is 0.727 bits per heavy atom. The van der Waals surface area contributed by atoms with Crippen molar-refractivity contribution in [2.45, 2.75) is 71.1 Å². The Labute approximate surface area is 136 Å². The van der Waals surface area contributed by atoms with Crippen molar-refractivity contribution in [3.63, 3.8) is 0 Å². The standard InChI is InChI=1S/C20H32O2/c1-2-3-4-5-6-7-8-9-10-11-12-13-14-15-16-17-18-19-20(21)22/h6-7,9-10,12-13,15-16H,2-5,8,11,14,17-19H2,1H3,(H,21,22)/b7-6+,10-9-,13-12-,16-15-. The third kappa shape index (κ3) is 18.4. The third-order valence-electron chi connectivity index (χ3n) is 3.22. The normalized spacial score (nSPS) is 12.4. The van der Waals surface area contributed by atoms with Gasteiger partial charge in [-0.05, 0) is 44.9 Å². The zero-order chi connectivity index (χ0) is 16.3. The number of carboxylic acids is 1. The van der Waals surface area contributed by atoms with Crippen LogP contribution in [0.2, 0.25) is 0 Å². The van der Waals surface area contributed by atoms with Crippen LogP contribution in [0.25, 0.3) is 0 Å². The van der Waals surface area contributed by atoms with E-state index >= 15 is 0 Å². The molecule has 0 aliphatic rings. The van der Waals surface area contributed by atoms with E-state index in [1.54, 1.807) is 0 Å². The monoisotopic (exact) mass is 304 g/mol. The Kier molecular flexibility index (Phi) is 16.2. The molecule has 2 nitrogen and oxygen atoms in total. The summed E-state index contributed by atoms with van der Waals surface area (Å²) in [4.78, 5) is 10.3. The lowest BCUT2D eigenvalue weighted by atomic mass is 10.2. The molecule has 0 spiro atoms. The van der Waals surface area contributed by atoms with Crippen LogP contribution in [0.3, 0.4) is 0 Å². The summed E-state index contributed by atoms with van der Waals surface area (Å²) in [5, 5.41) is 8.49. The van der Waals surface area contributed by atoms with E-state index in [1.165, 1.54) is 25.7 Å². The van der Waals surface area contributed by atoms with Crippen molar-refractivity contribution >= 4 is 5.97 Å². The van der Waals surface area contributed by atoms with E-state index in [-0.39, 0.29) is 6.42 Å². The largest absolute Gasteiger partial charge is 0.481 e. The Morgan fingerprint density at radius 2 is 1.18 bits per heavy atom. The number of carboxylic acid groups (broad SMARTS) is 1. The van der Waals surface area contributed by atoms with Crippen molar-refractivity contribution in [2.75, 3.05) is 0 Å². The van der Waals surface area contributed by atoms with Crippen molar-refractivity contribution in [1.82, 2.24) is 0 Å². The minimum absolute atomic E-state index is 0.262. The first-order chi connectivity index (χ1) is 10.8. The molecule has 0 unspecified atom stereocenters. The summed E-state index contributed by atoms with van der Waals surface area (Å²) in [7, 11) is 0. The predicted molar refractivity (Wildman–Crippen MR) is 96.0 cm³/mol. The SMILES string of the molecule is CCCCC/C=C/C/C=C\C/C=C\C/C=C\CCCC(=O)O. The molecule has 0 heterocycles. The van der Waals surface area contributed by atoms with E-state index < -0.39 is 5.97 Å². The maximum absolute atomic E-state index is 10.3. The van der Waals surface area contributed by atoms with Gasteiger partial charge in [-0.25, -0.2) is 0 Å². The molecule has 0 aromatic heterocycles. The van der Waals surface area contributed by atoms with Crippen LogP contribution in [0.5, 0.6) is 0 Å². The summed E-state index contributed by atoms with van der Waals surface area (Å²) in [6, 6.07) is 0. The second-order valence-corrected chi connectivity index (χ2v) is 5.37. The van der Waals surface area contributed by atoms with E-state index in [0.29, 0.717) is 0 Å². The first-order valence-corrected chi connectivity index (χ1v) is 8.59. The zero-order valence-corrected chi connectivity index (χ0v) is 14.0. The van der Waals surface area contributed by atoms with Gasteiger partial charge in [0, 0.05) is 6.42 Å². The molecule has 2 heteroatoms. The van der Waals surface area contributed by atoms with Gasteiger partial charge in [0.25, 0.3) is 0 Å². The van der Waals surface area contributed by atoms with Gasteiger partial charge < -0.3 is 5.11 Å². The average Bonchev–Trinajstić information content (AvgIpc) is 2.50. The fourth-order valence-corrected chi connectivity index (χ4v) is 1.93. The van der Waals surface area contributed by atoms with Gasteiger partial charge in [-0.2, -0.15) is 0 Å². The van der Waals surface area contributed by atoms with Gasteiger partial charge in [0.15, 0.2) is 0 Å². The van der Waals surface area contributed by atoms with Crippen molar-refractivity contribution < 1.29 is 9.90 Å². The molecule has 0 saturated carbocycles. The summed E-state index contributed by atoms with van der Waals surface area (Å²) in [6.07, 6.45) is 27.3. The van der Waals surface area contributed by atoms with Gasteiger partial charge in [0.05, 0.1) is 0 Å². The molecule has 0 radical (unpaired) electrons. The molecule has 0 amide bonds. The van der Waals surface area contributed by atoms with E-state index in [4.69, 9.17) is 5.11 Å². The number of rotatable bonds is 14. The van der Waals surface area contributed by atoms with E-state index in [1.807, 2.05) is 0 Å². The molecule has 0 aliphatic carbocycles. The second kappa shape index (κ2) is 17.5. The van der Waals surface area contributed by atoms with Crippen LogP contribution in [-0.2, 0) is 4.79 Å². The third-order valence-corrected chi connectivity index (χ3v) is 3.22. The fraction of sp³-hybridized carbons (Fsp3) is 0.550. The molecule has 0 aliphatic heterocycles. The lowest BCUT2D eigenvalue weighted by Crippen LogP contribution is -1.92. The molecule has 0 atom stereocenters. The average molecular weight is 304 g/mol. The Hall–Kier alpha value is -1.57. The molecule has 0 saturated heterocycles. The summed E-state index contributed by atoms with van der Waals surface area (Å²) >= 11 is 0. The summed E-state index contributed by atoms with van der Waals surface area (Å²) in [5.74, 6) is -0.712. The molecule has 0 aromatic carbocycles. The number of hydrogen-bond donors (Lipinski definition) is 1. The van der Waals surface area contributed by atoms with E-state index in [2.05, 4.69) is 55.5 Å². The molecule has 22 heavy (non-hydrogen) atoms. The highest BCUT2D eigenvalue weighted by atomic mass is 16.4. The van der Waals surface area contributed by atoms with Crippen LogP contribution in [-0.4, -0.2) is 11.1 Å².